The van der Waals surface area contributed by atoms with Crippen molar-refractivity contribution in [3.05, 3.63) is 36.0 Å². The minimum absolute atomic E-state index is 0.00233. The molecule has 1 atom stereocenters. The maximum atomic E-state index is 12.6. The highest BCUT2D eigenvalue weighted by molar-refractivity contribution is 5.97. The van der Waals surface area contributed by atoms with Crippen LogP contribution in [0.15, 0.2) is 30.5 Å². The molecule has 1 aliphatic heterocycles. The quantitative estimate of drug-likeness (QED) is 0.592. The van der Waals surface area contributed by atoms with Crippen molar-refractivity contribution in [1.82, 2.24) is 14.9 Å². The van der Waals surface area contributed by atoms with Gasteiger partial charge in [-0.1, -0.05) is 0 Å². The average molecular weight is 467 g/mol. The molecule has 1 aromatic carbocycles. The molecular weight excluding hydrogens is 443 g/mol. The number of methoxy groups -OCH3 is 1. The van der Waals surface area contributed by atoms with E-state index in [-0.39, 0.29) is 29.5 Å². The molecule has 1 aromatic heterocycles. The number of benzene rings is 1. The zero-order chi connectivity index (χ0) is 24.2. The number of nitrogens with two attached hydrogens (primary N) is 1. The van der Waals surface area contributed by atoms with E-state index in [1.807, 2.05) is 19.1 Å². The smallest absolute Gasteiger partial charge is 0.409 e. The van der Waals surface area contributed by atoms with Crippen molar-refractivity contribution in [2.24, 2.45) is 5.73 Å². The fourth-order valence-corrected chi connectivity index (χ4v) is 3.44. The number of piperazine rings is 1. The Morgan fingerprint density at radius 2 is 1.94 bits per heavy atom. The van der Waals surface area contributed by atoms with Gasteiger partial charge in [0, 0.05) is 43.2 Å². The van der Waals surface area contributed by atoms with Crippen molar-refractivity contribution >= 4 is 35.1 Å². The third-order valence-corrected chi connectivity index (χ3v) is 5.03. The summed E-state index contributed by atoms with van der Waals surface area (Å²) in [5.74, 6) is -1.26. The van der Waals surface area contributed by atoms with Gasteiger partial charge in [0.05, 0.1) is 12.7 Å². The van der Waals surface area contributed by atoms with Gasteiger partial charge < -0.3 is 30.9 Å². The molecule has 0 radical (unpaired) electrons. The SMILES string of the molecule is COC(=O)N1CCN(c2ccc(Nc3ncc(C(N)=O)c(NCC(F)(F)F)n3)cc2)[C@@H](C)C1. The summed E-state index contributed by atoms with van der Waals surface area (Å²) in [6.07, 6.45) is -3.79. The number of carbonyl (C=O) groups excluding carboxylic acids is 2. The van der Waals surface area contributed by atoms with Gasteiger partial charge in [-0.2, -0.15) is 18.2 Å². The first-order valence-corrected chi connectivity index (χ1v) is 10.0. The summed E-state index contributed by atoms with van der Waals surface area (Å²) in [5.41, 5.74) is 6.48. The Bertz CT molecular complexity index is 1000. The second kappa shape index (κ2) is 9.79. The maximum Gasteiger partial charge on any atom is 0.409 e. The summed E-state index contributed by atoms with van der Waals surface area (Å²) in [4.78, 5) is 34.9. The number of amides is 2. The van der Waals surface area contributed by atoms with Crippen molar-refractivity contribution < 1.29 is 27.5 Å². The van der Waals surface area contributed by atoms with Gasteiger partial charge in [-0.05, 0) is 31.2 Å². The molecule has 1 saturated heterocycles. The fourth-order valence-electron chi connectivity index (χ4n) is 3.44. The number of primary amides is 1. The van der Waals surface area contributed by atoms with Gasteiger partial charge in [-0.25, -0.2) is 9.78 Å². The van der Waals surface area contributed by atoms with E-state index in [1.165, 1.54) is 7.11 Å². The minimum atomic E-state index is -4.50. The van der Waals surface area contributed by atoms with Crippen LogP contribution in [-0.2, 0) is 4.74 Å². The molecule has 0 saturated carbocycles. The lowest BCUT2D eigenvalue weighted by molar-refractivity contribution is -0.115. The Kier molecular flexibility index (Phi) is 7.09. The summed E-state index contributed by atoms with van der Waals surface area (Å²) in [6, 6.07) is 7.34. The van der Waals surface area contributed by atoms with E-state index in [1.54, 1.807) is 17.0 Å². The number of nitrogens with one attached hydrogen (secondary N) is 2. The molecule has 1 aliphatic rings. The number of ether oxygens (including phenoxy) is 1. The Hall–Kier alpha value is -3.77. The van der Waals surface area contributed by atoms with Crippen LogP contribution in [0.4, 0.5) is 41.1 Å². The Labute approximate surface area is 187 Å². The van der Waals surface area contributed by atoms with Crippen LogP contribution in [0.3, 0.4) is 0 Å². The molecule has 13 heteroatoms. The lowest BCUT2D eigenvalue weighted by atomic mass is 10.1. The van der Waals surface area contributed by atoms with Crippen LogP contribution in [0, 0.1) is 0 Å². The van der Waals surface area contributed by atoms with Crippen molar-refractivity contribution in [1.29, 1.82) is 0 Å². The largest absolute Gasteiger partial charge is 0.453 e. The van der Waals surface area contributed by atoms with E-state index in [2.05, 4.69) is 25.5 Å². The molecule has 3 rings (SSSR count). The molecule has 4 N–H and O–H groups in total. The first-order chi connectivity index (χ1) is 15.6. The molecule has 0 bridgehead atoms. The van der Waals surface area contributed by atoms with Crippen LogP contribution in [-0.4, -0.2) is 72.4 Å². The zero-order valence-corrected chi connectivity index (χ0v) is 18.0. The Morgan fingerprint density at radius 1 is 1.24 bits per heavy atom. The molecule has 33 heavy (non-hydrogen) atoms. The number of nitrogens with zero attached hydrogens (tertiary/aromatic N) is 4. The number of rotatable bonds is 6. The second-order valence-corrected chi connectivity index (χ2v) is 7.42. The van der Waals surface area contributed by atoms with Crippen LogP contribution in [0.25, 0.3) is 0 Å². The van der Waals surface area contributed by atoms with Crippen LogP contribution in [0.1, 0.15) is 17.3 Å². The lowest BCUT2D eigenvalue weighted by Gasteiger charge is -2.40. The highest BCUT2D eigenvalue weighted by atomic mass is 19.4. The van der Waals surface area contributed by atoms with Gasteiger partial charge in [-0.3, -0.25) is 4.79 Å². The van der Waals surface area contributed by atoms with Crippen molar-refractivity contribution in [3.63, 3.8) is 0 Å². The minimum Gasteiger partial charge on any atom is -0.453 e. The van der Waals surface area contributed by atoms with Gasteiger partial charge in [0.25, 0.3) is 5.91 Å². The Morgan fingerprint density at radius 3 is 2.52 bits per heavy atom. The predicted octanol–water partition coefficient (Wildman–Crippen LogP) is 2.57. The Balaban J connectivity index is 1.69. The van der Waals surface area contributed by atoms with Crippen LogP contribution in [0.5, 0.6) is 0 Å². The monoisotopic (exact) mass is 467 g/mol. The van der Waals surface area contributed by atoms with E-state index in [0.29, 0.717) is 25.3 Å². The number of aromatic nitrogens is 2. The van der Waals surface area contributed by atoms with Gasteiger partial charge in [0.2, 0.25) is 5.95 Å². The third-order valence-electron chi connectivity index (χ3n) is 5.03. The number of alkyl halides is 3. The van der Waals surface area contributed by atoms with Crippen molar-refractivity contribution in [3.8, 4) is 0 Å². The van der Waals surface area contributed by atoms with Crippen LogP contribution in [0.2, 0.25) is 0 Å². The van der Waals surface area contributed by atoms with Gasteiger partial charge in [-0.15, -0.1) is 0 Å². The molecule has 2 aromatic rings. The van der Waals surface area contributed by atoms with E-state index in [4.69, 9.17) is 10.5 Å². The third kappa shape index (κ3) is 6.14. The molecule has 0 aliphatic carbocycles. The molecule has 1 fully saturated rings. The normalized spacial score (nSPS) is 16.3. The highest BCUT2D eigenvalue weighted by Gasteiger charge is 2.28. The van der Waals surface area contributed by atoms with Gasteiger partial charge in [0.1, 0.15) is 12.4 Å². The average Bonchev–Trinajstić information content (AvgIpc) is 2.77. The van der Waals surface area contributed by atoms with Gasteiger partial charge >= 0.3 is 12.3 Å². The van der Waals surface area contributed by atoms with Crippen LogP contribution >= 0.6 is 0 Å². The first kappa shape index (κ1) is 23.9. The summed E-state index contributed by atoms with van der Waals surface area (Å²) < 4.78 is 42.4. The zero-order valence-electron chi connectivity index (χ0n) is 18.0. The van der Waals surface area contributed by atoms with Crippen molar-refractivity contribution in [2.45, 2.75) is 19.1 Å². The van der Waals surface area contributed by atoms with Crippen molar-refractivity contribution in [2.75, 3.05) is 48.8 Å². The maximum absolute atomic E-state index is 12.6. The lowest BCUT2D eigenvalue weighted by Crippen LogP contribution is -2.53. The summed E-state index contributed by atoms with van der Waals surface area (Å²) >= 11 is 0. The molecule has 2 amide bonds. The molecule has 0 unspecified atom stereocenters. The van der Waals surface area contributed by atoms with Crippen LogP contribution < -0.4 is 21.3 Å². The number of carbonyl (C=O) groups is 2. The summed E-state index contributed by atoms with van der Waals surface area (Å²) in [6.45, 7) is 2.32. The fraction of sp³-hybridized carbons (Fsp3) is 0.400. The molecule has 2 heterocycles. The first-order valence-electron chi connectivity index (χ1n) is 10.0. The summed E-state index contributed by atoms with van der Waals surface area (Å²) in [5, 5.41) is 4.97. The van der Waals surface area contributed by atoms with E-state index >= 15 is 0 Å². The molecule has 0 spiro atoms. The highest BCUT2D eigenvalue weighted by Crippen LogP contribution is 2.25. The number of halogens is 3. The second-order valence-electron chi connectivity index (χ2n) is 7.42. The topological polar surface area (TPSA) is 126 Å². The van der Waals surface area contributed by atoms with E-state index in [9.17, 15) is 22.8 Å². The van der Waals surface area contributed by atoms with E-state index in [0.717, 1.165) is 11.9 Å². The predicted molar refractivity (Wildman–Crippen MR) is 116 cm³/mol. The summed E-state index contributed by atoms with van der Waals surface area (Å²) in [7, 11) is 1.35. The number of anilines is 4. The van der Waals surface area contributed by atoms with E-state index < -0.39 is 18.6 Å². The van der Waals surface area contributed by atoms with Gasteiger partial charge in [0.15, 0.2) is 0 Å². The molecule has 178 valence electrons. The standard InChI is InChI=1S/C20H24F3N7O3/c1-12-10-29(19(32)33-2)7-8-30(12)14-5-3-13(4-6-14)27-18-25-9-15(16(24)31)17(28-18)26-11-20(21,22)23/h3-6,9,12H,7-8,10-11H2,1-2H3,(H2,24,31)(H2,25,26,27,28)/t12-/m0/s1. The number of hydrogen-bond donors (Lipinski definition) is 3. The number of hydrogen-bond acceptors (Lipinski definition) is 8. The molecular formula is C20H24F3N7O3. The molecule has 10 nitrogen and oxygen atoms in total.